The van der Waals surface area contributed by atoms with Gasteiger partial charge in [-0.3, -0.25) is 0 Å². The van der Waals surface area contributed by atoms with Gasteiger partial charge in [0.05, 0.1) is 6.54 Å². The van der Waals surface area contributed by atoms with Gasteiger partial charge in [0.25, 0.3) is 0 Å². The summed E-state index contributed by atoms with van der Waals surface area (Å²) in [6.45, 7) is 10.1. The number of likely N-dealkylation sites (tertiary alicyclic amines) is 1. The molecule has 0 radical (unpaired) electrons. The second kappa shape index (κ2) is 4.22. The number of hydrogen-bond donors (Lipinski definition) is 0. The SMILES string of the molecule is CC1(C)CC(F)CN(C(=O)OC(C)(C)C)C1. The van der Waals surface area contributed by atoms with E-state index in [9.17, 15) is 9.18 Å². The van der Waals surface area contributed by atoms with Crippen LogP contribution in [0.1, 0.15) is 41.0 Å². The van der Waals surface area contributed by atoms with Crippen LogP contribution >= 0.6 is 0 Å². The first-order valence-electron chi connectivity index (χ1n) is 5.71. The van der Waals surface area contributed by atoms with E-state index in [0.717, 1.165) is 0 Å². The van der Waals surface area contributed by atoms with Gasteiger partial charge in [0.15, 0.2) is 0 Å². The first-order valence-corrected chi connectivity index (χ1v) is 5.71. The van der Waals surface area contributed by atoms with Gasteiger partial charge in [-0.15, -0.1) is 0 Å². The predicted molar refractivity (Wildman–Crippen MR) is 61.1 cm³/mol. The number of amides is 1. The van der Waals surface area contributed by atoms with Crippen LogP contribution in [0.5, 0.6) is 0 Å². The highest BCUT2D eigenvalue weighted by molar-refractivity contribution is 5.68. The summed E-state index contributed by atoms with van der Waals surface area (Å²) in [7, 11) is 0. The van der Waals surface area contributed by atoms with Gasteiger partial charge >= 0.3 is 6.09 Å². The highest BCUT2D eigenvalue weighted by atomic mass is 19.1. The average Bonchev–Trinajstić information content (AvgIpc) is 1.96. The Kier molecular flexibility index (Phi) is 3.50. The Balaban J connectivity index is 2.63. The Hall–Kier alpha value is -0.800. The van der Waals surface area contributed by atoms with Crippen LogP contribution in [0.25, 0.3) is 0 Å². The van der Waals surface area contributed by atoms with Crippen LogP contribution in [-0.2, 0) is 4.74 Å². The molecule has 1 atom stereocenters. The molecular weight excluding hydrogens is 209 g/mol. The lowest BCUT2D eigenvalue weighted by Gasteiger charge is -2.40. The van der Waals surface area contributed by atoms with E-state index in [1.165, 1.54) is 4.90 Å². The molecule has 94 valence electrons. The summed E-state index contributed by atoms with van der Waals surface area (Å²) in [6, 6.07) is 0. The van der Waals surface area contributed by atoms with E-state index in [1.54, 1.807) is 0 Å². The maximum absolute atomic E-state index is 13.5. The van der Waals surface area contributed by atoms with E-state index in [0.29, 0.717) is 13.0 Å². The highest BCUT2D eigenvalue weighted by Gasteiger charge is 2.36. The van der Waals surface area contributed by atoms with Gasteiger partial charge in [0, 0.05) is 6.54 Å². The van der Waals surface area contributed by atoms with Gasteiger partial charge in [-0.1, -0.05) is 13.8 Å². The lowest BCUT2D eigenvalue weighted by atomic mass is 9.83. The smallest absolute Gasteiger partial charge is 0.410 e. The molecule has 0 N–H and O–H groups in total. The van der Waals surface area contributed by atoms with Crippen molar-refractivity contribution in [3.8, 4) is 0 Å². The molecule has 0 aliphatic carbocycles. The number of piperidine rings is 1. The summed E-state index contributed by atoms with van der Waals surface area (Å²) in [6.07, 6.45) is -0.856. The molecule has 0 spiro atoms. The normalized spacial score (nSPS) is 25.4. The van der Waals surface area contributed by atoms with Gasteiger partial charge in [-0.2, -0.15) is 0 Å². The van der Waals surface area contributed by atoms with Crippen LogP contribution in [0.15, 0.2) is 0 Å². The van der Waals surface area contributed by atoms with Crippen molar-refractivity contribution in [2.75, 3.05) is 13.1 Å². The quantitative estimate of drug-likeness (QED) is 0.641. The third kappa shape index (κ3) is 3.99. The maximum atomic E-state index is 13.5. The lowest BCUT2D eigenvalue weighted by Crippen LogP contribution is -2.49. The molecule has 16 heavy (non-hydrogen) atoms. The van der Waals surface area contributed by atoms with Crippen molar-refractivity contribution in [2.45, 2.75) is 52.8 Å². The largest absolute Gasteiger partial charge is 0.444 e. The number of hydrogen-bond acceptors (Lipinski definition) is 2. The summed E-state index contributed by atoms with van der Waals surface area (Å²) in [5.74, 6) is 0. The van der Waals surface area contributed by atoms with E-state index in [2.05, 4.69) is 0 Å². The van der Waals surface area contributed by atoms with Gasteiger partial charge in [0.2, 0.25) is 0 Å². The molecule has 0 aromatic carbocycles. The number of carbonyl (C=O) groups is 1. The van der Waals surface area contributed by atoms with Crippen molar-refractivity contribution in [3.05, 3.63) is 0 Å². The summed E-state index contributed by atoms with van der Waals surface area (Å²) in [4.78, 5) is 13.3. The Morgan fingerprint density at radius 2 is 2.00 bits per heavy atom. The molecule has 0 aromatic heterocycles. The van der Waals surface area contributed by atoms with Gasteiger partial charge in [-0.25, -0.2) is 9.18 Å². The van der Waals surface area contributed by atoms with Crippen molar-refractivity contribution >= 4 is 6.09 Å². The monoisotopic (exact) mass is 231 g/mol. The first-order chi connectivity index (χ1) is 7.09. The fourth-order valence-corrected chi connectivity index (χ4v) is 2.01. The zero-order valence-electron chi connectivity index (χ0n) is 10.8. The molecule has 1 aliphatic heterocycles. The summed E-state index contributed by atoms with van der Waals surface area (Å²) in [5.41, 5.74) is -0.695. The average molecular weight is 231 g/mol. The fraction of sp³-hybridized carbons (Fsp3) is 0.917. The third-order valence-electron chi connectivity index (χ3n) is 2.46. The van der Waals surface area contributed by atoms with E-state index in [-0.39, 0.29) is 12.0 Å². The number of alkyl halides is 1. The van der Waals surface area contributed by atoms with Crippen LogP contribution < -0.4 is 0 Å². The Labute approximate surface area is 96.9 Å². The van der Waals surface area contributed by atoms with E-state index in [1.807, 2.05) is 34.6 Å². The molecule has 1 fully saturated rings. The maximum Gasteiger partial charge on any atom is 0.410 e. The third-order valence-corrected chi connectivity index (χ3v) is 2.46. The topological polar surface area (TPSA) is 29.5 Å². The molecule has 0 aromatic rings. The number of ether oxygens (including phenoxy) is 1. The van der Waals surface area contributed by atoms with Crippen molar-refractivity contribution in [3.63, 3.8) is 0 Å². The molecule has 1 rings (SSSR count). The molecule has 1 unspecified atom stereocenters. The summed E-state index contributed by atoms with van der Waals surface area (Å²) >= 11 is 0. The van der Waals surface area contributed by atoms with Crippen molar-refractivity contribution in [2.24, 2.45) is 5.41 Å². The fourth-order valence-electron chi connectivity index (χ4n) is 2.01. The van der Waals surface area contributed by atoms with Crippen molar-refractivity contribution < 1.29 is 13.9 Å². The predicted octanol–water partition coefficient (Wildman–Crippen LogP) is 2.99. The minimum Gasteiger partial charge on any atom is -0.444 e. The standard InChI is InChI=1S/C12H22FNO2/c1-11(2,3)16-10(15)14-7-9(13)6-12(4,5)8-14/h9H,6-8H2,1-5H3. The second-order valence-corrected chi connectivity index (χ2v) is 6.33. The molecule has 1 saturated heterocycles. The van der Waals surface area contributed by atoms with Gasteiger partial charge < -0.3 is 9.64 Å². The lowest BCUT2D eigenvalue weighted by molar-refractivity contribution is -0.00598. The molecule has 1 heterocycles. The molecule has 3 nitrogen and oxygen atoms in total. The van der Waals surface area contributed by atoms with E-state index >= 15 is 0 Å². The van der Waals surface area contributed by atoms with Crippen LogP contribution in [0.2, 0.25) is 0 Å². The summed E-state index contributed by atoms with van der Waals surface area (Å²) < 4.78 is 18.7. The minimum atomic E-state index is -0.948. The van der Waals surface area contributed by atoms with Crippen molar-refractivity contribution in [1.29, 1.82) is 0 Å². The first kappa shape index (κ1) is 13.3. The zero-order valence-corrected chi connectivity index (χ0v) is 10.8. The molecule has 0 saturated carbocycles. The Bertz CT molecular complexity index is 271. The number of halogens is 1. The molecular formula is C12H22FNO2. The molecule has 1 aliphatic rings. The van der Waals surface area contributed by atoms with Crippen LogP contribution in [0, 0.1) is 5.41 Å². The van der Waals surface area contributed by atoms with Crippen molar-refractivity contribution in [1.82, 2.24) is 4.90 Å². The van der Waals surface area contributed by atoms with Crippen LogP contribution in [0.3, 0.4) is 0 Å². The van der Waals surface area contributed by atoms with Crippen LogP contribution in [0.4, 0.5) is 9.18 Å². The van der Waals surface area contributed by atoms with E-state index in [4.69, 9.17) is 4.74 Å². The summed E-state index contributed by atoms with van der Waals surface area (Å²) in [5, 5.41) is 0. The number of rotatable bonds is 0. The molecule has 4 heteroatoms. The highest BCUT2D eigenvalue weighted by Crippen LogP contribution is 2.30. The minimum absolute atomic E-state index is 0.151. The van der Waals surface area contributed by atoms with Crippen LogP contribution in [-0.4, -0.2) is 35.9 Å². The van der Waals surface area contributed by atoms with Gasteiger partial charge in [-0.05, 0) is 32.6 Å². The Morgan fingerprint density at radius 3 is 2.44 bits per heavy atom. The zero-order chi connectivity index (χ0) is 12.6. The number of nitrogens with zero attached hydrogens (tertiary/aromatic N) is 1. The van der Waals surface area contributed by atoms with Gasteiger partial charge in [0.1, 0.15) is 11.8 Å². The molecule has 1 amide bonds. The van der Waals surface area contributed by atoms with E-state index < -0.39 is 17.9 Å². The second-order valence-electron chi connectivity index (χ2n) is 6.33. The molecule has 0 bridgehead atoms. The Morgan fingerprint density at radius 1 is 1.44 bits per heavy atom. The number of carbonyl (C=O) groups excluding carboxylic acids is 1.